The van der Waals surface area contributed by atoms with Crippen LogP contribution in [0.3, 0.4) is 0 Å². The van der Waals surface area contributed by atoms with Crippen LogP contribution in [0.2, 0.25) is 0 Å². The molecule has 1 aliphatic heterocycles. The lowest BCUT2D eigenvalue weighted by Crippen LogP contribution is -2.53. The van der Waals surface area contributed by atoms with Crippen molar-refractivity contribution in [2.75, 3.05) is 13.1 Å². The summed E-state index contributed by atoms with van der Waals surface area (Å²) < 4.78 is 18.5. The summed E-state index contributed by atoms with van der Waals surface area (Å²) in [5.41, 5.74) is 1.00. The molecule has 5 nitrogen and oxygen atoms in total. The van der Waals surface area contributed by atoms with E-state index in [1.54, 1.807) is 0 Å². The van der Waals surface area contributed by atoms with Gasteiger partial charge in [0.1, 0.15) is 11.3 Å². The van der Waals surface area contributed by atoms with Crippen molar-refractivity contribution < 1.29 is 13.6 Å². The number of oxazole rings is 1. The van der Waals surface area contributed by atoms with Crippen LogP contribution in [0.15, 0.2) is 22.6 Å². The molecule has 6 heteroatoms. The standard InChI is InChI=1S/C12H12FN3O2/c13-7-1-2-10-8(5-7)16-11(18-10)6-9-12(17)15-4-3-14-9/h1-2,5,9,14H,3-4,6H2,(H,15,17). The minimum atomic E-state index is -0.351. The molecule has 0 aliphatic carbocycles. The van der Waals surface area contributed by atoms with Crippen molar-refractivity contribution in [2.24, 2.45) is 0 Å². The number of fused-ring (bicyclic) bond motifs is 1. The summed E-state index contributed by atoms with van der Waals surface area (Å²) in [5.74, 6) is 0.0238. The van der Waals surface area contributed by atoms with Gasteiger partial charge in [0, 0.05) is 25.6 Å². The van der Waals surface area contributed by atoms with Crippen molar-refractivity contribution >= 4 is 17.0 Å². The molecule has 0 radical (unpaired) electrons. The van der Waals surface area contributed by atoms with Crippen LogP contribution >= 0.6 is 0 Å². The molecule has 3 rings (SSSR count). The molecule has 1 saturated heterocycles. The first-order valence-corrected chi connectivity index (χ1v) is 5.78. The van der Waals surface area contributed by atoms with Gasteiger partial charge in [-0.15, -0.1) is 0 Å². The highest BCUT2D eigenvalue weighted by molar-refractivity contribution is 5.82. The molecule has 2 heterocycles. The molecular formula is C12H12FN3O2. The van der Waals surface area contributed by atoms with Gasteiger partial charge in [0.05, 0.1) is 6.04 Å². The summed E-state index contributed by atoms with van der Waals surface area (Å²) >= 11 is 0. The zero-order valence-electron chi connectivity index (χ0n) is 9.57. The first-order chi connectivity index (χ1) is 8.72. The van der Waals surface area contributed by atoms with Gasteiger partial charge in [0.25, 0.3) is 0 Å². The number of hydrogen-bond donors (Lipinski definition) is 2. The number of nitrogens with one attached hydrogen (secondary N) is 2. The van der Waals surface area contributed by atoms with Crippen molar-refractivity contribution in [3.63, 3.8) is 0 Å². The number of benzene rings is 1. The van der Waals surface area contributed by atoms with Crippen LogP contribution in [-0.4, -0.2) is 30.0 Å². The highest BCUT2D eigenvalue weighted by Gasteiger charge is 2.23. The molecule has 2 aromatic rings. The third-order valence-electron chi connectivity index (χ3n) is 2.90. The van der Waals surface area contributed by atoms with Crippen molar-refractivity contribution in [3.05, 3.63) is 29.9 Å². The monoisotopic (exact) mass is 249 g/mol. The normalized spacial score (nSPS) is 20.1. The predicted molar refractivity (Wildman–Crippen MR) is 62.5 cm³/mol. The fourth-order valence-electron chi connectivity index (χ4n) is 2.02. The van der Waals surface area contributed by atoms with E-state index in [-0.39, 0.29) is 17.8 Å². The van der Waals surface area contributed by atoms with Gasteiger partial charge in [-0.3, -0.25) is 4.79 Å². The maximum Gasteiger partial charge on any atom is 0.237 e. The molecule has 1 unspecified atom stereocenters. The van der Waals surface area contributed by atoms with Gasteiger partial charge >= 0.3 is 0 Å². The lowest BCUT2D eigenvalue weighted by Gasteiger charge is -2.22. The summed E-state index contributed by atoms with van der Waals surface area (Å²) in [6.07, 6.45) is 0.363. The second-order valence-corrected chi connectivity index (χ2v) is 4.22. The van der Waals surface area contributed by atoms with Crippen molar-refractivity contribution in [3.8, 4) is 0 Å². The van der Waals surface area contributed by atoms with Crippen LogP contribution < -0.4 is 10.6 Å². The van der Waals surface area contributed by atoms with Crippen LogP contribution in [-0.2, 0) is 11.2 Å². The van der Waals surface area contributed by atoms with Crippen LogP contribution in [0.1, 0.15) is 5.89 Å². The summed E-state index contributed by atoms with van der Waals surface area (Å²) in [7, 11) is 0. The number of nitrogens with zero attached hydrogens (tertiary/aromatic N) is 1. The van der Waals surface area contributed by atoms with Crippen molar-refractivity contribution in [1.29, 1.82) is 0 Å². The minimum absolute atomic E-state index is 0.0605. The SMILES string of the molecule is O=C1NCCNC1Cc1nc2cc(F)ccc2o1. The fourth-order valence-corrected chi connectivity index (χ4v) is 2.02. The number of hydrogen-bond acceptors (Lipinski definition) is 4. The first-order valence-electron chi connectivity index (χ1n) is 5.78. The van der Waals surface area contributed by atoms with Crippen LogP contribution in [0.25, 0.3) is 11.1 Å². The van der Waals surface area contributed by atoms with Gasteiger partial charge < -0.3 is 15.1 Å². The number of aromatic nitrogens is 1. The number of carbonyl (C=O) groups excluding carboxylic acids is 1. The molecule has 0 spiro atoms. The van der Waals surface area contributed by atoms with E-state index in [1.165, 1.54) is 18.2 Å². The number of rotatable bonds is 2. The lowest BCUT2D eigenvalue weighted by molar-refractivity contribution is -0.124. The number of carbonyl (C=O) groups is 1. The van der Waals surface area contributed by atoms with Crippen molar-refractivity contribution in [1.82, 2.24) is 15.6 Å². The average molecular weight is 249 g/mol. The highest BCUT2D eigenvalue weighted by Crippen LogP contribution is 2.17. The van der Waals surface area contributed by atoms with E-state index >= 15 is 0 Å². The largest absolute Gasteiger partial charge is 0.441 e. The van der Waals surface area contributed by atoms with Crippen molar-refractivity contribution in [2.45, 2.75) is 12.5 Å². The zero-order chi connectivity index (χ0) is 12.5. The van der Waals surface area contributed by atoms with E-state index in [2.05, 4.69) is 15.6 Å². The second kappa shape index (κ2) is 4.38. The summed E-state index contributed by atoms with van der Waals surface area (Å²) in [6.45, 7) is 1.36. The third-order valence-corrected chi connectivity index (χ3v) is 2.90. The average Bonchev–Trinajstić information content (AvgIpc) is 2.73. The van der Waals surface area contributed by atoms with Gasteiger partial charge in [0.15, 0.2) is 11.5 Å². The summed E-state index contributed by atoms with van der Waals surface area (Å²) in [6, 6.07) is 3.84. The van der Waals surface area contributed by atoms with E-state index in [4.69, 9.17) is 4.42 Å². The van der Waals surface area contributed by atoms with Gasteiger partial charge in [-0.25, -0.2) is 9.37 Å². The molecule has 18 heavy (non-hydrogen) atoms. The Balaban J connectivity index is 1.84. The Bertz CT molecular complexity index is 596. The Morgan fingerprint density at radius 2 is 2.33 bits per heavy atom. The van der Waals surface area contributed by atoms with E-state index in [9.17, 15) is 9.18 Å². The molecule has 1 atom stereocenters. The van der Waals surface area contributed by atoms with Gasteiger partial charge in [-0.1, -0.05) is 0 Å². The molecule has 1 aliphatic rings. The topological polar surface area (TPSA) is 67.2 Å². The van der Waals surface area contributed by atoms with Gasteiger partial charge in [-0.05, 0) is 12.1 Å². The Hall–Kier alpha value is -1.95. The zero-order valence-corrected chi connectivity index (χ0v) is 9.57. The Labute approximate surface area is 102 Å². The van der Waals surface area contributed by atoms with E-state index < -0.39 is 0 Å². The third kappa shape index (κ3) is 2.06. The molecule has 1 fully saturated rings. The van der Waals surface area contributed by atoms with E-state index in [0.717, 1.165) is 6.54 Å². The van der Waals surface area contributed by atoms with Gasteiger partial charge in [0.2, 0.25) is 5.91 Å². The van der Waals surface area contributed by atoms with Crippen LogP contribution in [0.4, 0.5) is 4.39 Å². The van der Waals surface area contributed by atoms with Gasteiger partial charge in [-0.2, -0.15) is 0 Å². The minimum Gasteiger partial charge on any atom is -0.441 e. The molecule has 0 bridgehead atoms. The first kappa shape index (κ1) is 11.2. The Morgan fingerprint density at radius 3 is 3.17 bits per heavy atom. The number of amides is 1. The lowest BCUT2D eigenvalue weighted by atomic mass is 10.1. The van der Waals surface area contributed by atoms with Crippen LogP contribution in [0, 0.1) is 5.82 Å². The fraction of sp³-hybridized carbons (Fsp3) is 0.333. The molecule has 1 aromatic carbocycles. The van der Waals surface area contributed by atoms with E-state index in [1.807, 2.05) is 0 Å². The highest BCUT2D eigenvalue weighted by atomic mass is 19.1. The predicted octanol–water partition coefficient (Wildman–Crippen LogP) is 0.597. The molecular weight excluding hydrogens is 237 g/mol. The maximum absolute atomic E-state index is 13.0. The smallest absolute Gasteiger partial charge is 0.237 e. The summed E-state index contributed by atoms with van der Waals surface area (Å²) in [4.78, 5) is 15.7. The summed E-state index contributed by atoms with van der Waals surface area (Å²) in [5, 5.41) is 5.85. The maximum atomic E-state index is 13.0. The number of piperazine rings is 1. The molecule has 0 saturated carbocycles. The molecule has 2 N–H and O–H groups in total. The van der Waals surface area contributed by atoms with Crippen LogP contribution in [0.5, 0.6) is 0 Å². The quantitative estimate of drug-likeness (QED) is 0.817. The van der Waals surface area contributed by atoms with E-state index in [0.29, 0.717) is 30.0 Å². The molecule has 1 amide bonds. The Morgan fingerprint density at radius 1 is 1.44 bits per heavy atom. The number of halogens is 1. The molecule has 1 aromatic heterocycles. The molecule has 94 valence electrons. The second-order valence-electron chi connectivity index (χ2n) is 4.22. The Kier molecular flexibility index (Phi) is 2.71.